The third-order valence-electron chi connectivity index (χ3n) is 2.48. The predicted molar refractivity (Wildman–Crippen MR) is 50.3 cm³/mol. The van der Waals surface area contributed by atoms with Crippen molar-refractivity contribution in [3.8, 4) is 0 Å². The summed E-state index contributed by atoms with van der Waals surface area (Å²) in [5, 5.41) is 0.771. The van der Waals surface area contributed by atoms with Crippen LogP contribution in [-0.4, -0.2) is 4.98 Å². The lowest BCUT2D eigenvalue weighted by Crippen LogP contribution is -2.12. The molecule has 1 aromatic heterocycles. The molecule has 0 unspecified atom stereocenters. The number of nitrogens with zero attached hydrogens (tertiary/aromatic N) is 1. The summed E-state index contributed by atoms with van der Waals surface area (Å²) in [5.41, 5.74) is 6.80. The van der Waals surface area contributed by atoms with E-state index in [2.05, 4.69) is 4.98 Å². The summed E-state index contributed by atoms with van der Waals surface area (Å²) in [6.45, 7) is 0. The van der Waals surface area contributed by atoms with E-state index >= 15 is 0 Å². The molecule has 0 spiro atoms. The molecule has 1 fully saturated rings. The van der Waals surface area contributed by atoms with Crippen LogP contribution in [0.5, 0.6) is 0 Å². The highest BCUT2D eigenvalue weighted by atomic mass is 35.5. The van der Waals surface area contributed by atoms with Gasteiger partial charge in [0, 0.05) is 16.8 Å². The van der Waals surface area contributed by atoms with E-state index in [1.807, 2.05) is 6.07 Å². The van der Waals surface area contributed by atoms with Crippen LogP contribution in [0.3, 0.4) is 0 Å². The number of rotatable bonds is 1. The second-order valence-corrected chi connectivity index (χ2v) is 3.63. The van der Waals surface area contributed by atoms with Crippen LogP contribution < -0.4 is 5.73 Å². The normalized spacial score (nSPS) is 17.4. The summed E-state index contributed by atoms with van der Waals surface area (Å²) >= 11 is 6.02. The van der Waals surface area contributed by atoms with Gasteiger partial charge in [-0.1, -0.05) is 18.0 Å². The summed E-state index contributed by atoms with van der Waals surface area (Å²) in [7, 11) is 0. The molecule has 0 atom stereocenters. The van der Waals surface area contributed by atoms with Crippen molar-refractivity contribution in [1.29, 1.82) is 0 Å². The molecular weight excluding hydrogens is 172 g/mol. The van der Waals surface area contributed by atoms with Crippen molar-refractivity contribution in [2.45, 2.75) is 25.2 Å². The molecule has 1 saturated carbocycles. The molecule has 1 aliphatic carbocycles. The maximum atomic E-state index is 6.02. The summed E-state index contributed by atoms with van der Waals surface area (Å²) in [6, 6.07) is 1.81. The Morgan fingerprint density at radius 2 is 2.25 bits per heavy atom. The number of aromatic nitrogens is 1. The van der Waals surface area contributed by atoms with Crippen molar-refractivity contribution in [2.24, 2.45) is 0 Å². The van der Waals surface area contributed by atoms with E-state index in [-0.39, 0.29) is 0 Å². The highest BCUT2D eigenvalue weighted by Crippen LogP contribution is 2.41. The fraction of sp³-hybridized carbons (Fsp3) is 0.444. The van der Waals surface area contributed by atoms with Gasteiger partial charge < -0.3 is 5.73 Å². The van der Waals surface area contributed by atoms with E-state index in [9.17, 15) is 0 Å². The zero-order valence-electron chi connectivity index (χ0n) is 6.76. The average Bonchev–Trinajstić information content (AvgIpc) is 1.93. The maximum Gasteiger partial charge on any atom is 0.128 e. The SMILES string of the molecule is Nc1nccc(Cl)c1C1CCC1. The second-order valence-electron chi connectivity index (χ2n) is 3.22. The molecule has 0 aliphatic heterocycles. The van der Waals surface area contributed by atoms with E-state index in [0.717, 1.165) is 10.6 Å². The predicted octanol–water partition coefficient (Wildman–Crippen LogP) is 2.58. The van der Waals surface area contributed by atoms with E-state index < -0.39 is 0 Å². The van der Waals surface area contributed by atoms with Gasteiger partial charge in [0.05, 0.1) is 0 Å². The third kappa shape index (κ3) is 1.16. The van der Waals surface area contributed by atoms with E-state index in [0.29, 0.717) is 11.7 Å². The number of nitrogens with two attached hydrogens (primary N) is 1. The summed E-state index contributed by atoms with van der Waals surface area (Å²) in [6.07, 6.45) is 5.35. The summed E-state index contributed by atoms with van der Waals surface area (Å²) < 4.78 is 0. The summed E-state index contributed by atoms with van der Waals surface area (Å²) in [4.78, 5) is 4.04. The zero-order valence-corrected chi connectivity index (χ0v) is 7.51. The van der Waals surface area contributed by atoms with Gasteiger partial charge in [-0.25, -0.2) is 4.98 Å². The molecule has 1 aromatic rings. The molecule has 0 bridgehead atoms. The van der Waals surface area contributed by atoms with Crippen LogP contribution in [-0.2, 0) is 0 Å². The number of hydrogen-bond acceptors (Lipinski definition) is 2. The molecule has 64 valence electrons. The molecule has 1 heterocycles. The highest BCUT2D eigenvalue weighted by Gasteiger charge is 2.24. The van der Waals surface area contributed by atoms with Gasteiger partial charge in [-0.3, -0.25) is 0 Å². The van der Waals surface area contributed by atoms with Crippen LogP contribution in [0.1, 0.15) is 30.7 Å². The van der Waals surface area contributed by atoms with Crippen molar-refractivity contribution >= 4 is 17.4 Å². The van der Waals surface area contributed by atoms with Crippen LogP contribution in [0.25, 0.3) is 0 Å². The first-order valence-electron chi connectivity index (χ1n) is 4.19. The largest absolute Gasteiger partial charge is 0.383 e. The molecule has 12 heavy (non-hydrogen) atoms. The van der Waals surface area contributed by atoms with Crippen molar-refractivity contribution in [2.75, 3.05) is 5.73 Å². The molecule has 0 amide bonds. The van der Waals surface area contributed by atoms with Gasteiger partial charge in [0.15, 0.2) is 0 Å². The van der Waals surface area contributed by atoms with Gasteiger partial charge in [0.25, 0.3) is 0 Å². The third-order valence-corrected chi connectivity index (χ3v) is 2.81. The molecule has 2 nitrogen and oxygen atoms in total. The Kier molecular flexibility index (Phi) is 1.93. The first-order valence-corrected chi connectivity index (χ1v) is 4.56. The molecule has 0 aromatic carbocycles. The smallest absolute Gasteiger partial charge is 0.128 e. The lowest BCUT2D eigenvalue weighted by molar-refractivity contribution is 0.420. The average molecular weight is 183 g/mol. The molecule has 0 radical (unpaired) electrons. The topological polar surface area (TPSA) is 38.9 Å². The lowest BCUT2D eigenvalue weighted by atomic mass is 9.80. The van der Waals surface area contributed by atoms with E-state index in [4.69, 9.17) is 17.3 Å². The van der Waals surface area contributed by atoms with Crippen molar-refractivity contribution < 1.29 is 0 Å². The minimum absolute atomic E-state index is 0.561. The Labute approximate surface area is 76.7 Å². The number of pyridine rings is 1. The van der Waals surface area contributed by atoms with Crippen molar-refractivity contribution in [3.05, 3.63) is 22.8 Å². The number of halogens is 1. The Balaban J connectivity index is 2.39. The number of nitrogen functional groups attached to an aromatic ring is 1. The molecule has 2 rings (SSSR count). The standard InChI is InChI=1S/C9H11ClN2/c10-7-4-5-12-9(11)8(7)6-2-1-3-6/h4-6H,1-3H2,(H2,11,12). The Hall–Kier alpha value is -0.760. The molecule has 1 aliphatic rings. The monoisotopic (exact) mass is 182 g/mol. The maximum absolute atomic E-state index is 6.02. The first-order chi connectivity index (χ1) is 5.79. The molecular formula is C9H11ClN2. The number of anilines is 1. The minimum atomic E-state index is 0.561. The van der Waals surface area contributed by atoms with Gasteiger partial charge >= 0.3 is 0 Å². The Morgan fingerprint density at radius 3 is 2.75 bits per heavy atom. The summed E-state index contributed by atoms with van der Waals surface area (Å²) in [5.74, 6) is 1.17. The zero-order chi connectivity index (χ0) is 8.55. The quantitative estimate of drug-likeness (QED) is 0.725. The fourth-order valence-electron chi connectivity index (χ4n) is 1.57. The Bertz CT molecular complexity index is 274. The van der Waals surface area contributed by atoms with Gasteiger partial charge in [-0.05, 0) is 24.8 Å². The molecule has 3 heteroatoms. The van der Waals surface area contributed by atoms with Crippen molar-refractivity contribution in [3.63, 3.8) is 0 Å². The molecule has 0 saturated heterocycles. The second kappa shape index (κ2) is 2.94. The van der Waals surface area contributed by atoms with Gasteiger partial charge in [-0.2, -0.15) is 0 Å². The number of hydrogen-bond donors (Lipinski definition) is 1. The van der Waals surface area contributed by atoms with Crippen LogP contribution in [0.2, 0.25) is 5.02 Å². The fourth-order valence-corrected chi connectivity index (χ4v) is 1.87. The first kappa shape index (κ1) is 7.87. The van der Waals surface area contributed by atoms with E-state index in [1.54, 1.807) is 6.20 Å². The van der Waals surface area contributed by atoms with Crippen molar-refractivity contribution in [1.82, 2.24) is 4.98 Å². The van der Waals surface area contributed by atoms with Crippen LogP contribution in [0, 0.1) is 0 Å². The van der Waals surface area contributed by atoms with Gasteiger partial charge in [-0.15, -0.1) is 0 Å². The molecule has 2 N–H and O–H groups in total. The lowest BCUT2D eigenvalue weighted by Gasteiger charge is -2.27. The van der Waals surface area contributed by atoms with Crippen LogP contribution in [0.4, 0.5) is 5.82 Å². The Morgan fingerprint density at radius 1 is 1.50 bits per heavy atom. The van der Waals surface area contributed by atoms with E-state index in [1.165, 1.54) is 19.3 Å². The van der Waals surface area contributed by atoms with Crippen LogP contribution >= 0.6 is 11.6 Å². The highest BCUT2D eigenvalue weighted by molar-refractivity contribution is 6.31. The van der Waals surface area contributed by atoms with Gasteiger partial charge in [0.1, 0.15) is 5.82 Å². The van der Waals surface area contributed by atoms with Crippen LogP contribution in [0.15, 0.2) is 12.3 Å². The minimum Gasteiger partial charge on any atom is -0.383 e. The van der Waals surface area contributed by atoms with Gasteiger partial charge in [0.2, 0.25) is 0 Å².